The molecule has 0 bridgehead atoms. The SMILES string of the molecule is CCOc1ccc(NC(=O)CSc2nnc(N/N=C/c3ccccc3)n2N)cc1. The fraction of sp³-hybridized carbons (Fsp3) is 0.158. The minimum absolute atomic E-state index is 0.135. The summed E-state index contributed by atoms with van der Waals surface area (Å²) in [5, 5.41) is 15.2. The number of ether oxygens (including phenoxy) is 1. The maximum atomic E-state index is 12.1. The Balaban J connectivity index is 1.49. The number of hydrogen-bond acceptors (Lipinski definition) is 8. The Morgan fingerprint density at radius 1 is 1.21 bits per heavy atom. The Morgan fingerprint density at radius 3 is 2.69 bits per heavy atom. The molecule has 150 valence electrons. The van der Waals surface area contributed by atoms with Crippen molar-refractivity contribution >= 4 is 35.5 Å². The molecular formula is C19H21N7O2S. The molecule has 1 heterocycles. The maximum Gasteiger partial charge on any atom is 0.264 e. The molecule has 0 radical (unpaired) electrons. The van der Waals surface area contributed by atoms with Gasteiger partial charge in [-0.15, -0.1) is 10.2 Å². The summed E-state index contributed by atoms with van der Waals surface area (Å²) in [5.74, 6) is 6.93. The number of anilines is 2. The van der Waals surface area contributed by atoms with Gasteiger partial charge in [0.15, 0.2) is 0 Å². The van der Waals surface area contributed by atoms with Gasteiger partial charge in [0.2, 0.25) is 11.1 Å². The quantitative estimate of drug-likeness (QED) is 0.214. The summed E-state index contributed by atoms with van der Waals surface area (Å²) in [6.07, 6.45) is 1.64. The van der Waals surface area contributed by atoms with Gasteiger partial charge in [0.1, 0.15) is 5.75 Å². The van der Waals surface area contributed by atoms with Crippen LogP contribution in [0.2, 0.25) is 0 Å². The number of nitrogen functional groups attached to an aromatic ring is 1. The standard InChI is InChI=1S/C19H21N7O2S/c1-2-28-16-10-8-15(9-11-16)22-17(27)13-29-19-25-24-18(26(19)20)23-21-12-14-6-4-3-5-7-14/h3-12H,2,13,20H2,1H3,(H,22,27)(H,23,24)/b21-12+. The molecule has 0 fully saturated rings. The van der Waals surface area contributed by atoms with Crippen LogP contribution < -0.4 is 21.3 Å². The predicted molar refractivity (Wildman–Crippen MR) is 115 cm³/mol. The fourth-order valence-corrected chi connectivity index (χ4v) is 2.94. The molecule has 1 amide bonds. The van der Waals surface area contributed by atoms with E-state index in [1.807, 2.05) is 37.3 Å². The van der Waals surface area contributed by atoms with Crippen molar-refractivity contribution in [3.63, 3.8) is 0 Å². The summed E-state index contributed by atoms with van der Waals surface area (Å²) in [6, 6.07) is 16.8. The number of carbonyl (C=O) groups excluding carboxylic acids is 1. The summed E-state index contributed by atoms with van der Waals surface area (Å²) in [7, 11) is 0. The van der Waals surface area contributed by atoms with Crippen molar-refractivity contribution in [3.8, 4) is 5.75 Å². The molecule has 2 aromatic carbocycles. The maximum absolute atomic E-state index is 12.1. The van der Waals surface area contributed by atoms with Crippen molar-refractivity contribution in [1.82, 2.24) is 14.9 Å². The Bertz CT molecular complexity index is 958. The van der Waals surface area contributed by atoms with Crippen molar-refractivity contribution in [2.45, 2.75) is 12.1 Å². The van der Waals surface area contributed by atoms with Crippen LogP contribution in [0.5, 0.6) is 5.75 Å². The van der Waals surface area contributed by atoms with Gasteiger partial charge in [-0.25, -0.2) is 10.1 Å². The molecule has 3 aromatic rings. The Hall–Kier alpha value is -3.53. The molecule has 0 saturated heterocycles. The van der Waals surface area contributed by atoms with Gasteiger partial charge in [-0.1, -0.05) is 42.1 Å². The van der Waals surface area contributed by atoms with E-state index in [0.29, 0.717) is 17.5 Å². The zero-order valence-corrected chi connectivity index (χ0v) is 16.6. The largest absolute Gasteiger partial charge is 0.494 e. The number of aromatic nitrogens is 3. The number of benzene rings is 2. The number of carbonyl (C=O) groups is 1. The summed E-state index contributed by atoms with van der Waals surface area (Å²) >= 11 is 1.17. The first kappa shape index (κ1) is 20.2. The number of amides is 1. The molecule has 4 N–H and O–H groups in total. The molecule has 0 aliphatic carbocycles. The molecule has 0 unspecified atom stereocenters. The molecule has 29 heavy (non-hydrogen) atoms. The highest BCUT2D eigenvalue weighted by Gasteiger charge is 2.12. The van der Waals surface area contributed by atoms with E-state index in [4.69, 9.17) is 10.6 Å². The van der Waals surface area contributed by atoms with E-state index < -0.39 is 0 Å². The van der Waals surface area contributed by atoms with Gasteiger partial charge >= 0.3 is 0 Å². The normalized spacial score (nSPS) is 10.8. The van der Waals surface area contributed by atoms with E-state index in [2.05, 4.69) is 26.0 Å². The zero-order valence-electron chi connectivity index (χ0n) is 15.8. The number of thioether (sulfide) groups is 1. The van der Waals surface area contributed by atoms with Crippen LogP contribution in [-0.4, -0.2) is 39.4 Å². The topological polar surface area (TPSA) is 119 Å². The molecule has 0 aliphatic rings. The first-order chi connectivity index (χ1) is 14.2. The smallest absolute Gasteiger partial charge is 0.264 e. The molecule has 0 atom stereocenters. The van der Waals surface area contributed by atoms with E-state index in [0.717, 1.165) is 11.3 Å². The highest BCUT2D eigenvalue weighted by Crippen LogP contribution is 2.19. The van der Waals surface area contributed by atoms with Crippen molar-refractivity contribution in [2.24, 2.45) is 5.10 Å². The average molecular weight is 411 g/mol. The van der Waals surface area contributed by atoms with Gasteiger partial charge in [0.25, 0.3) is 5.95 Å². The van der Waals surface area contributed by atoms with E-state index in [1.54, 1.807) is 30.5 Å². The Kier molecular flexibility index (Phi) is 7.06. The number of rotatable bonds is 9. The van der Waals surface area contributed by atoms with Crippen LogP contribution in [0.3, 0.4) is 0 Å². The molecule has 9 nitrogen and oxygen atoms in total. The minimum Gasteiger partial charge on any atom is -0.494 e. The third-order valence-electron chi connectivity index (χ3n) is 3.62. The van der Waals surface area contributed by atoms with E-state index in [9.17, 15) is 4.79 Å². The summed E-state index contributed by atoms with van der Waals surface area (Å²) in [6.45, 7) is 2.51. The predicted octanol–water partition coefficient (Wildman–Crippen LogP) is 2.57. The second-order valence-corrected chi connectivity index (χ2v) is 6.69. The summed E-state index contributed by atoms with van der Waals surface area (Å²) < 4.78 is 6.62. The number of nitrogens with one attached hydrogen (secondary N) is 2. The second kappa shape index (κ2) is 10.1. The van der Waals surface area contributed by atoms with Gasteiger partial charge < -0.3 is 15.9 Å². The van der Waals surface area contributed by atoms with E-state index in [-0.39, 0.29) is 17.6 Å². The van der Waals surface area contributed by atoms with Crippen LogP contribution in [0.15, 0.2) is 64.9 Å². The lowest BCUT2D eigenvalue weighted by molar-refractivity contribution is -0.113. The van der Waals surface area contributed by atoms with Gasteiger partial charge in [-0.05, 0) is 36.8 Å². The van der Waals surface area contributed by atoms with Crippen LogP contribution in [-0.2, 0) is 4.79 Å². The van der Waals surface area contributed by atoms with Crippen LogP contribution in [0, 0.1) is 0 Å². The van der Waals surface area contributed by atoms with Crippen LogP contribution >= 0.6 is 11.8 Å². The number of hydrogen-bond donors (Lipinski definition) is 3. The van der Waals surface area contributed by atoms with Crippen molar-refractivity contribution in [1.29, 1.82) is 0 Å². The number of nitrogens with zero attached hydrogens (tertiary/aromatic N) is 4. The lowest BCUT2D eigenvalue weighted by Gasteiger charge is -2.07. The van der Waals surface area contributed by atoms with Crippen LogP contribution in [0.1, 0.15) is 12.5 Å². The lowest BCUT2D eigenvalue weighted by atomic mass is 10.2. The molecule has 0 aliphatic heterocycles. The van der Waals surface area contributed by atoms with Crippen LogP contribution in [0.25, 0.3) is 0 Å². The highest BCUT2D eigenvalue weighted by atomic mass is 32.2. The highest BCUT2D eigenvalue weighted by molar-refractivity contribution is 7.99. The second-order valence-electron chi connectivity index (χ2n) is 5.75. The monoisotopic (exact) mass is 411 g/mol. The van der Waals surface area contributed by atoms with Crippen molar-refractivity contribution in [3.05, 3.63) is 60.2 Å². The fourth-order valence-electron chi connectivity index (χ4n) is 2.28. The first-order valence-corrected chi connectivity index (χ1v) is 9.84. The van der Waals surface area contributed by atoms with E-state index >= 15 is 0 Å². The third kappa shape index (κ3) is 5.98. The van der Waals surface area contributed by atoms with Crippen molar-refractivity contribution in [2.75, 3.05) is 28.9 Å². The molecule has 0 saturated carbocycles. The van der Waals surface area contributed by atoms with Gasteiger partial charge in [-0.3, -0.25) is 4.79 Å². The van der Waals surface area contributed by atoms with Gasteiger partial charge in [0, 0.05) is 5.69 Å². The van der Waals surface area contributed by atoms with Crippen molar-refractivity contribution < 1.29 is 9.53 Å². The molecule has 0 spiro atoms. The summed E-state index contributed by atoms with van der Waals surface area (Å²) in [5.41, 5.74) is 4.35. The lowest BCUT2D eigenvalue weighted by Crippen LogP contribution is -2.16. The molecule has 10 heteroatoms. The van der Waals surface area contributed by atoms with Gasteiger partial charge in [-0.2, -0.15) is 5.10 Å². The third-order valence-corrected chi connectivity index (χ3v) is 4.57. The first-order valence-electron chi connectivity index (χ1n) is 8.86. The Morgan fingerprint density at radius 2 is 1.97 bits per heavy atom. The van der Waals surface area contributed by atoms with Gasteiger partial charge in [0.05, 0.1) is 18.6 Å². The average Bonchev–Trinajstić information content (AvgIpc) is 3.09. The van der Waals surface area contributed by atoms with E-state index in [1.165, 1.54) is 16.4 Å². The molecule has 3 rings (SSSR count). The van der Waals surface area contributed by atoms with Crippen LogP contribution in [0.4, 0.5) is 11.6 Å². The molecule has 1 aromatic heterocycles. The zero-order chi connectivity index (χ0) is 20.5. The minimum atomic E-state index is -0.182. The summed E-state index contributed by atoms with van der Waals surface area (Å²) in [4.78, 5) is 12.1. The number of nitrogens with two attached hydrogens (primary N) is 1. The number of hydrazone groups is 1. The Labute approximate surface area is 172 Å². The molecular weight excluding hydrogens is 390 g/mol.